The van der Waals surface area contributed by atoms with Crippen molar-refractivity contribution >= 4 is 17.3 Å². The molecule has 0 aromatic carbocycles. The molecule has 2 aliphatic rings. The highest BCUT2D eigenvalue weighted by atomic mass is 32.1. The van der Waals surface area contributed by atoms with Crippen LogP contribution < -0.4 is 5.32 Å². The van der Waals surface area contributed by atoms with Crippen LogP contribution in [0.1, 0.15) is 44.2 Å². The lowest BCUT2D eigenvalue weighted by atomic mass is 9.97. The number of hydrogen-bond acceptors (Lipinski definition) is 3. The van der Waals surface area contributed by atoms with Crippen LogP contribution in [0.2, 0.25) is 0 Å². The topological polar surface area (TPSA) is 31.4 Å². The van der Waals surface area contributed by atoms with Crippen molar-refractivity contribution in [2.45, 2.75) is 45.1 Å². The molecule has 0 unspecified atom stereocenters. The molecule has 1 saturated heterocycles. The highest BCUT2D eigenvalue weighted by Gasteiger charge is 2.17. The second-order valence-corrected chi connectivity index (χ2v) is 7.41. The summed E-state index contributed by atoms with van der Waals surface area (Å²) < 4.78 is 0. The first-order valence-electron chi connectivity index (χ1n) is 9.64. The van der Waals surface area contributed by atoms with E-state index in [1.54, 1.807) is 5.57 Å². The zero-order chi connectivity index (χ0) is 17.3. The number of nitrogens with zero attached hydrogens (tertiary/aromatic N) is 3. The molecular formula is C20H30N4S. The second-order valence-electron chi connectivity index (χ2n) is 7.03. The Labute approximate surface area is 157 Å². The Balaban J connectivity index is 1.39. The van der Waals surface area contributed by atoms with Crippen LogP contribution in [-0.2, 0) is 6.54 Å². The average molecular weight is 359 g/mol. The van der Waals surface area contributed by atoms with Crippen LogP contribution >= 0.6 is 12.2 Å². The molecule has 2 heterocycles. The third-order valence-corrected chi connectivity index (χ3v) is 5.50. The lowest BCUT2D eigenvalue weighted by molar-refractivity contribution is 0.274. The first-order chi connectivity index (χ1) is 12.3. The van der Waals surface area contributed by atoms with Gasteiger partial charge in [-0.15, -0.1) is 0 Å². The van der Waals surface area contributed by atoms with E-state index in [0.29, 0.717) is 0 Å². The zero-order valence-electron chi connectivity index (χ0n) is 15.1. The summed E-state index contributed by atoms with van der Waals surface area (Å²) in [5.41, 5.74) is 2.76. The minimum absolute atomic E-state index is 0.927. The predicted molar refractivity (Wildman–Crippen MR) is 107 cm³/mol. The molecule has 0 spiro atoms. The smallest absolute Gasteiger partial charge is 0.168 e. The summed E-state index contributed by atoms with van der Waals surface area (Å²) in [7, 11) is 0. The second kappa shape index (κ2) is 9.88. The third kappa shape index (κ3) is 6.08. The fourth-order valence-electron chi connectivity index (χ4n) is 3.63. The van der Waals surface area contributed by atoms with Gasteiger partial charge in [-0.2, -0.15) is 0 Å². The molecule has 3 rings (SSSR count). The maximum atomic E-state index is 5.63. The van der Waals surface area contributed by atoms with E-state index in [4.69, 9.17) is 12.2 Å². The van der Waals surface area contributed by atoms with Gasteiger partial charge in [0.1, 0.15) is 0 Å². The number of thiocarbonyl (C=S) groups is 1. The summed E-state index contributed by atoms with van der Waals surface area (Å²) in [6.45, 7) is 6.11. The van der Waals surface area contributed by atoms with Crippen LogP contribution in [0, 0.1) is 0 Å². The Kier molecular flexibility index (Phi) is 7.24. The van der Waals surface area contributed by atoms with Gasteiger partial charge in [0.15, 0.2) is 5.11 Å². The number of rotatable bonds is 5. The normalized spacial score (nSPS) is 19.2. The number of pyridine rings is 1. The Morgan fingerprint density at radius 2 is 2.08 bits per heavy atom. The summed E-state index contributed by atoms with van der Waals surface area (Å²) in [6, 6.07) is 6.14. The van der Waals surface area contributed by atoms with Crippen LogP contribution in [0.15, 0.2) is 36.0 Å². The largest absolute Gasteiger partial charge is 0.362 e. The zero-order valence-corrected chi connectivity index (χ0v) is 15.9. The molecule has 4 nitrogen and oxygen atoms in total. The summed E-state index contributed by atoms with van der Waals surface area (Å²) in [5.74, 6) is 0. The molecule has 1 aliphatic carbocycles. The van der Waals surface area contributed by atoms with E-state index < -0.39 is 0 Å². The Hall–Kier alpha value is -1.46. The lowest BCUT2D eigenvalue weighted by Gasteiger charge is -2.25. The number of nitrogens with one attached hydrogen (secondary N) is 1. The van der Waals surface area contributed by atoms with Crippen molar-refractivity contribution in [3.63, 3.8) is 0 Å². The van der Waals surface area contributed by atoms with Gasteiger partial charge in [-0.25, -0.2) is 0 Å². The standard InChI is InChI=1S/C20H30N4S/c25-20(22-12-10-18-7-2-1-3-8-18)24-14-6-13-23(15-16-24)17-19-9-4-5-11-21-19/h4-5,7,9,11H,1-3,6,8,10,12-17H2,(H,22,25). The Morgan fingerprint density at radius 3 is 2.88 bits per heavy atom. The highest BCUT2D eigenvalue weighted by molar-refractivity contribution is 7.80. The van der Waals surface area contributed by atoms with Gasteiger partial charge in [-0.3, -0.25) is 9.88 Å². The maximum Gasteiger partial charge on any atom is 0.168 e. The molecule has 1 fully saturated rings. The van der Waals surface area contributed by atoms with E-state index >= 15 is 0 Å². The van der Waals surface area contributed by atoms with Gasteiger partial charge in [-0.05, 0) is 62.9 Å². The number of allylic oxidation sites excluding steroid dienone is 1. The number of hydrogen-bond donors (Lipinski definition) is 1. The van der Waals surface area contributed by atoms with Gasteiger partial charge in [0.05, 0.1) is 5.69 Å². The molecule has 0 radical (unpaired) electrons. The highest BCUT2D eigenvalue weighted by Crippen LogP contribution is 2.19. The Bertz CT molecular complexity index is 572. The van der Waals surface area contributed by atoms with Gasteiger partial charge in [-0.1, -0.05) is 17.7 Å². The summed E-state index contributed by atoms with van der Waals surface area (Å²) in [5, 5.41) is 4.40. The molecule has 1 aliphatic heterocycles. The lowest BCUT2D eigenvalue weighted by Crippen LogP contribution is -2.42. The first-order valence-corrected chi connectivity index (χ1v) is 10.0. The average Bonchev–Trinajstić information content (AvgIpc) is 2.89. The SMILES string of the molecule is S=C(NCCC1=CCCCC1)N1CCCN(Cc2ccccn2)CC1. The van der Waals surface area contributed by atoms with Crippen LogP contribution in [0.3, 0.4) is 0 Å². The summed E-state index contributed by atoms with van der Waals surface area (Å²) in [6.07, 6.45) is 11.8. The van der Waals surface area contributed by atoms with Gasteiger partial charge in [0.25, 0.3) is 0 Å². The van der Waals surface area contributed by atoms with Crippen molar-refractivity contribution in [3.8, 4) is 0 Å². The molecule has 25 heavy (non-hydrogen) atoms. The van der Waals surface area contributed by atoms with E-state index in [1.165, 1.54) is 25.7 Å². The van der Waals surface area contributed by atoms with Gasteiger partial charge < -0.3 is 10.2 Å². The van der Waals surface area contributed by atoms with Crippen LogP contribution in [0.5, 0.6) is 0 Å². The van der Waals surface area contributed by atoms with Gasteiger partial charge in [0.2, 0.25) is 0 Å². The molecule has 136 valence electrons. The molecule has 1 aromatic heterocycles. The van der Waals surface area contributed by atoms with E-state index in [1.807, 2.05) is 12.3 Å². The summed E-state index contributed by atoms with van der Waals surface area (Å²) >= 11 is 5.63. The number of aromatic nitrogens is 1. The van der Waals surface area contributed by atoms with Crippen molar-refractivity contribution in [1.29, 1.82) is 0 Å². The van der Waals surface area contributed by atoms with Crippen molar-refractivity contribution in [2.75, 3.05) is 32.7 Å². The summed E-state index contributed by atoms with van der Waals surface area (Å²) in [4.78, 5) is 9.26. The van der Waals surface area contributed by atoms with E-state index in [-0.39, 0.29) is 0 Å². The molecule has 0 saturated carbocycles. The van der Waals surface area contributed by atoms with Gasteiger partial charge in [0, 0.05) is 45.5 Å². The predicted octanol–water partition coefficient (Wildman–Crippen LogP) is 3.35. The molecule has 1 N–H and O–H groups in total. The molecular weight excluding hydrogens is 328 g/mol. The Morgan fingerprint density at radius 1 is 1.12 bits per heavy atom. The van der Waals surface area contributed by atoms with Gasteiger partial charge >= 0.3 is 0 Å². The molecule has 5 heteroatoms. The van der Waals surface area contributed by atoms with E-state index in [2.05, 4.69) is 38.3 Å². The van der Waals surface area contributed by atoms with Crippen LogP contribution in [0.4, 0.5) is 0 Å². The minimum atomic E-state index is 0.927. The monoisotopic (exact) mass is 358 g/mol. The van der Waals surface area contributed by atoms with Crippen molar-refractivity contribution < 1.29 is 0 Å². The fraction of sp³-hybridized carbons (Fsp3) is 0.600. The van der Waals surface area contributed by atoms with E-state index in [9.17, 15) is 0 Å². The molecule has 1 aromatic rings. The fourth-order valence-corrected chi connectivity index (χ4v) is 3.91. The third-order valence-electron chi connectivity index (χ3n) is 5.09. The molecule has 0 bridgehead atoms. The quantitative estimate of drug-likeness (QED) is 0.644. The first kappa shape index (κ1) is 18.3. The molecule has 0 atom stereocenters. The maximum absolute atomic E-state index is 5.63. The van der Waals surface area contributed by atoms with Crippen LogP contribution in [-0.4, -0.2) is 52.6 Å². The van der Waals surface area contributed by atoms with E-state index in [0.717, 1.165) is 62.9 Å². The molecule has 0 amide bonds. The van der Waals surface area contributed by atoms with Crippen molar-refractivity contribution in [3.05, 3.63) is 41.7 Å². The van der Waals surface area contributed by atoms with Crippen LogP contribution in [0.25, 0.3) is 0 Å². The van der Waals surface area contributed by atoms with Crippen molar-refractivity contribution in [1.82, 2.24) is 20.1 Å². The van der Waals surface area contributed by atoms with Crippen molar-refractivity contribution in [2.24, 2.45) is 0 Å². The minimum Gasteiger partial charge on any atom is -0.362 e.